The van der Waals surface area contributed by atoms with Gasteiger partial charge in [0.15, 0.2) is 0 Å². The van der Waals surface area contributed by atoms with Gasteiger partial charge in [-0.3, -0.25) is 10.1 Å². The van der Waals surface area contributed by atoms with Crippen LogP contribution in [0.2, 0.25) is 0 Å². The number of nitro benzene ring substituents is 1. The van der Waals surface area contributed by atoms with E-state index in [1.807, 2.05) is 12.1 Å². The minimum Gasteiger partial charge on any atom is -0.258 e. The highest BCUT2D eigenvalue weighted by molar-refractivity contribution is 5.34. The normalized spacial score (nSPS) is 11.1. The summed E-state index contributed by atoms with van der Waals surface area (Å²) < 4.78 is 0. The van der Waals surface area contributed by atoms with Crippen molar-refractivity contribution >= 4 is 5.69 Å². The molecule has 0 fully saturated rings. The predicted octanol–water partition coefficient (Wildman–Crippen LogP) is 3.91. The van der Waals surface area contributed by atoms with E-state index in [-0.39, 0.29) is 10.6 Å². The Morgan fingerprint density at radius 3 is 2.13 bits per heavy atom. The number of benzene rings is 1. The zero-order valence-electron chi connectivity index (χ0n) is 9.27. The number of non-ortho nitro benzene ring substituents is 1. The molecule has 0 bridgehead atoms. The van der Waals surface area contributed by atoms with E-state index in [0.29, 0.717) is 5.92 Å². The second kappa shape index (κ2) is 6.76. The summed E-state index contributed by atoms with van der Waals surface area (Å²) >= 11 is 0. The van der Waals surface area contributed by atoms with Gasteiger partial charge < -0.3 is 0 Å². The average molecular weight is 207 g/mol. The first-order valence-corrected chi connectivity index (χ1v) is 4.89. The molecule has 0 spiro atoms. The fraction of sp³-hybridized carbons (Fsp3) is 0.333. The molecule has 0 N–H and O–H groups in total. The van der Waals surface area contributed by atoms with E-state index in [9.17, 15) is 10.1 Å². The van der Waals surface area contributed by atoms with E-state index in [1.54, 1.807) is 12.1 Å². The van der Waals surface area contributed by atoms with Gasteiger partial charge in [-0.2, -0.15) is 0 Å². The predicted molar refractivity (Wildman–Crippen MR) is 63.1 cm³/mol. The molecule has 0 amide bonds. The van der Waals surface area contributed by atoms with Crippen molar-refractivity contribution in [3.63, 3.8) is 0 Å². The van der Waals surface area contributed by atoms with Crippen LogP contribution in [0.3, 0.4) is 0 Å². The molecular weight excluding hydrogens is 190 g/mol. The minimum atomic E-state index is -0.375. The summed E-state index contributed by atoms with van der Waals surface area (Å²) in [6.07, 6.45) is 1.05. The van der Waals surface area contributed by atoms with Crippen LogP contribution in [0.1, 0.15) is 31.7 Å². The van der Waals surface area contributed by atoms with Crippen LogP contribution in [0.15, 0.2) is 37.4 Å². The fourth-order valence-electron chi connectivity index (χ4n) is 1.16. The van der Waals surface area contributed by atoms with Crippen molar-refractivity contribution in [2.24, 2.45) is 0 Å². The molecule has 1 rings (SSSR count). The SMILES string of the molecule is C=C.CCC(C)c1ccc([N+](=O)[O-])cc1. The third-order valence-corrected chi connectivity index (χ3v) is 2.29. The highest BCUT2D eigenvalue weighted by Gasteiger charge is 2.06. The highest BCUT2D eigenvalue weighted by Crippen LogP contribution is 2.21. The van der Waals surface area contributed by atoms with Crippen LogP contribution in [0.4, 0.5) is 5.69 Å². The van der Waals surface area contributed by atoms with Crippen molar-refractivity contribution in [3.05, 3.63) is 53.1 Å². The topological polar surface area (TPSA) is 43.1 Å². The molecular formula is C12H17NO2. The summed E-state index contributed by atoms with van der Waals surface area (Å²) in [5.41, 5.74) is 1.32. The van der Waals surface area contributed by atoms with E-state index >= 15 is 0 Å². The van der Waals surface area contributed by atoms with E-state index in [1.165, 1.54) is 0 Å². The Kier molecular flexibility index (Phi) is 6.02. The number of nitro groups is 1. The average Bonchev–Trinajstić information content (AvgIpc) is 2.31. The van der Waals surface area contributed by atoms with Crippen molar-refractivity contribution in [1.82, 2.24) is 0 Å². The summed E-state index contributed by atoms with van der Waals surface area (Å²) in [6.45, 7) is 10.2. The van der Waals surface area contributed by atoms with Gasteiger partial charge in [-0.05, 0) is 17.9 Å². The van der Waals surface area contributed by atoms with E-state index in [2.05, 4.69) is 27.0 Å². The van der Waals surface area contributed by atoms with Gasteiger partial charge in [0.25, 0.3) is 5.69 Å². The van der Waals surface area contributed by atoms with Crippen molar-refractivity contribution in [1.29, 1.82) is 0 Å². The highest BCUT2D eigenvalue weighted by atomic mass is 16.6. The monoisotopic (exact) mass is 207 g/mol. The van der Waals surface area contributed by atoms with Gasteiger partial charge in [-0.25, -0.2) is 0 Å². The zero-order valence-corrected chi connectivity index (χ0v) is 9.27. The Bertz CT molecular complexity index is 306. The first-order chi connectivity index (χ1) is 7.15. The van der Waals surface area contributed by atoms with Crippen LogP contribution in [-0.2, 0) is 0 Å². The molecule has 0 aliphatic rings. The molecule has 3 nitrogen and oxygen atoms in total. The van der Waals surface area contributed by atoms with E-state index < -0.39 is 0 Å². The summed E-state index contributed by atoms with van der Waals surface area (Å²) in [4.78, 5) is 9.98. The molecule has 0 heterocycles. The molecule has 0 saturated heterocycles. The second-order valence-electron chi connectivity index (χ2n) is 3.16. The summed E-state index contributed by atoms with van der Waals surface area (Å²) in [5.74, 6) is 0.473. The maximum atomic E-state index is 10.4. The molecule has 0 aromatic heterocycles. The largest absolute Gasteiger partial charge is 0.269 e. The lowest BCUT2D eigenvalue weighted by Crippen LogP contribution is -1.92. The molecule has 0 aliphatic heterocycles. The number of nitrogens with zero attached hydrogens (tertiary/aromatic N) is 1. The van der Waals surface area contributed by atoms with Crippen LogP contribution in [0, 0.1) is 10.1 Å². The molecule has 82 valence electrons. The molecule has 3 heteroatoms. The Labute approximate surface area is 90.6 Å². The Morgan fingerprint density at radius 1 is 1.33 bits per heavy atom. The first-order valence-electron chi connectivity index (χ1n) is 4.89. The van der Waals surface area contributed by atoms with Gasteiger partial charge in [-0.15, -0.1) is 13.2 Å². The Morgan fingerprint density at radius 2 is 1.80 bits per heavy atom. The minimum absolute atomic E-state index is 0.159. The number of hydrogen-bond donors (Lipinski definition) is 0. The first kappa shape index (κ1) is 13.4. The van der Waals surface area contributed by atoms with Crippen LogP contribution in [0.25, 0.3) is 0 Å². The number of hydrogen-bond acceptors (Lipinski definition) is 2. The molecule has 15 heavy (non-hydrogen) atoms. The van der Waals surface area contributed by atoms with Gasteiger partial charge in [0.2, 0.25) is 0 Å². The van der Waals surface area contributed by atoms with Crippen molar-refractivity contribution in [2.45, 2.75) is 26.2 Å². The molecule has 0 aliphatic carbocycles. The van der Waals surface area contributed by atoms with Gasteiger partial charge in [-0.1, -0.05) is 26.0 Å². The third-order valence-electron chi connectivity index (χ3n) is 2.29. The van der Waals surface area contributed by atoms with Crippen LogP contribution in [0.5, 0.6) is 0 Å². The zero-order chi connectivity index (χ0) is 11.8. The van der Waals surface area contributed by atoms with Crippen molar-refractivity contribution < 1.29 is 4.92 Å². The standard InChI is InChI=1S/C10H13NO2.C2H4/c1-3-8(2)9-4-6-10(7-5-9)11(12)13;1-2/h4-8H,3H2,1-2H3;1-2H2. The third kappa shape index (κ3) is 3.94. The molecule has 1 atom stereocenters. The summed E-state index contributed by atoms with van der Waals surface area (Å²) in [7, 11) is 0. The van der Waals surface area contributed by atoms with Crippen molar-refractivity contribution in [2.75, 3.05) is 0 Å². The molecule has 1 aromatic carbocycles. The van der Waals surface area contributed by atoms with Gasteiger partial charge in [0, 0.05) is 12.1 Å². The number of rotatable bonds is 3. The summed E-state index contributed by atoms with van der Waals surface area (Å²) in [5, 5.41) is 10.4. The van der Waals surface area contributed by atoms with Crippen LogP contribution < -0.4 is 0 Å². The molecule has 0 saturated carbocycles. The van der Waals surface area contributed by atoms with E-state index in [0.717, 1.165) is 12.0 Å². The van der Waals surface area contributed by atoms with E-state index in [4.69, 9.17) is 0 Å². The Balaban J connectivity index is 0.000000921. The Hall–Kier alpha value is -1.64. The summed E-state index contributed by atoms with van der Waals surface area (Å²) in [6, 6.07) is 6.77. The quantitative estimate of drug-likeness (QED) is 0.428. The lowest BCUT2D eigenvalue weighted by atomic mass is 9.99. The van der Waals surface area contributed by atoms with Gasteiger partial charge in [0.05, 0.1) is 4.92 Å². The van der Waals surface area contributed by atoms with Crippen LogP contribution in [-0.4, -0.2) is 4.92 Å². The maximum absolute atomic E-state index is 10.4. The lowest BCUT2D eigenvalue weighted by molar-refractivity contribution is -0.384. The van der Waals surface area contributed by atoms with Gasteiger partial charge in [0.1, 0.15) is 0 Å². The second-order valence-corrected chi connectivity index (χ2v) is 3.16. The maximum Gasteiger partial charge on any atom is 0.269 e. The van der Waals surface area contributed by atoms with Crippen molar-refractivity contribution in [3.8, 4) is 0 Å². The van der Waals surface area contributed by atoms with Crippen LogP contribution >= 0.6 is 0 Å². The smallest absolute Gasteiger partial charge is 0.258 e. The molecule has 0 radical (unpaired) electrons. The fourth-order valence-corrected chi connectivity index (χ4v) is 1.16. The van der Waals surface area contributed by atoms with Gasteiger partial charge >= 0.3 is 0 Å². The molecule has 1 unspecified atom stereocenters. The molecule has 1 aromatic rings. The lowest BCUT2D eigenvalue weighted by Gasteiger charge is -2.07.